The van der Waals surface area contributed by atoms with Crippen LogP contribution in [0.4, 0.5) is 17.6 Å². The number of ether oxygens (including phenoxy) is 2. The average Bonchev–Trinajstić information content (AvgIpc) is 2.41. The zero-order chi connectivity index (χ0) is 14.0. The molecule has 1 aromatic heterocycles. The van der Waals surface area contributed by atoms with Gasteiger partial charge in [-0.05, 0) is 19.3 Å². The summed E-state index contributed by atoms with van der Waals surface area (Å²) in [5, 5.41) is 0. The molecule has 0 N–H and O–H groups in total. The Labute approximate surface area is 107 Å². The molecule has 19 heavy (non-hydrogen) atoms. The molecule has 2 rings (SSSR count). The quantitative estimate of drug-likeness (QED) is 0.629. The van der Waals surface area contributed by atoms with Gasteiger partial charge in [-0.2, -0.15) is 22.5 Å². The average molecular weight is 279 g/mol. The van der Waals surface area contributed by atoms with Crippen molar-refractivity contribution < 1.29 is 27.0 Å². The van der Waals surface area contributed by atoms with Gasteiger partial charge in [0.05, 0.1) is 6.10 Å². The van der Waals surface area contributed by atoms with Crippen molar-refractivity contribution in [2.45, 2.75) is 37.9 Å². The summed E-state index contributed by atoms with van der Waals surface area (Å²) in [6.07, 6.45) is 1.92. The monoisotopic (exact) mass is 279 g/mol. The van der Waals surface area contributed by atoms with Gasteiger partial charge in [-0.25, -0.2) is 0 Å². The number of hydrogen-bond acceptors (Lipinski definition) is 3. The Kier molecular flexibility index (Phi) is 4.24. The third-order valence-corrected chi connectivity index (χ3v) is 3.15. The highest BCUT2D eigenvalue weighted by Gasteiger charge is 2.28. The molecule has 0 saturated heterocycles. The van der Waals surface area contributed by atoms with E-state index in [-0.39, 0.29) is 6.10 Å². The summed E-state index contributed by atoms with van der Waals surface area (Å²) in [7, 11) is 1.53. The van der Waals surface area contributed by atoms with Crippen LogP contribution in [0, 0.1) is 23.5 Å². The second-order valence-electron chi connectivity index (χ2n) is 4.41. The van der Waals surface area contributed by atoms with E-state index in [0.717, 1.165) is 12.8 Å². The normalized spacial score (nSPS) is 23.4. The topological polar surface area (TPSA) is 31.4 Å². The van der Waals surface area contributed by atoms with Crippen molar-refractivity contribution in [2.24, 2.45) is 0 Å². The molecule has 106 valence electrons. The molecular weight excluding hydrogens is 266 g/mol. The first-order valence-electron chi connectivity index (χ1n) is 5.92. The van der Waals surface area contributed by atoms with Crippen LogP contribution in [-0.2, 0) is 4.74 Å². The van der Waals surface area contributed by atoms with E-state index in [1.54, 1.807) is 0 Å². The van der Waals surface area contributed by atoms with E-state index in [4.69, 9.17) is 9.47 Å². The molecule has 1 heterocycles. The van der Waals surface area contributed by atoms with Crippen molar-refractivity contribution in [2.75, 3.05) is 7.11 Å². The van der Waals surface area contributed by atoms with Gasteiger partial charge < -0.3 is 9.47 Å². The molecule has 0 amide bonds. The smallest absolute Gasteiger partial charge is 0.255 e. The highest BCUT2D eigenvalue weighted by atomic mass is 19.2. The lowest BCUT2D eigenvalue weighted by atomic mass is 9.95. The summed E-state index contributed by atoms with van der Waals surface area (Å²) in [6.45, 7) is 0. The summed E-state index contributed by atoms with van der Waals surface area (Å²) in [5.41, 5.74) is 0. The number of halogens is 4. The van der Waals surface area contributed by atoms with Crippen LogP contribution in [0.3, 0.4) is 0 Å². The van der Waals surface area contributed by atoms with Crippen LogP contribution in [0.5, 0.6) is 5.75 Å². The lowest BCUT2D eigenvalue weighted by Gasteiger charge is -2.28. The number of rotatable bonds is 3. The van der Waals surface area contributed by atoms with Gasteiger partial charge in [0.1, 0.15) is 6.10 Å². The van der Waals surface area contributed by atoms with Crippen LogP contribution in [0.2, 0.25) is 0 Å². The highest BCUT2D eigenvalue weighted by Crippen LogP contribution is 2.30. The minimum absolute atomic E-state index is 0.0820. The van der Waals surface area contributed by atoms with Crippen LogP contribution in [0.15, 0.2) is 0 Å². The van der Waals surface area contributed by atoms with E-state index in [2.05, 4.69) is 4.98 Å². The summed E-state index contributed by atoms with van der Waals surface area (Å²) < 4.78 is 62.8. The van der Waals surface area contributed by atoms with Gasteiger partial charge in [0, 0.05) is 13.5 Å². The molecule has 1 aromatic rings. The second-order valence-corrected chi connectivity index (χ2v) is 4.41. The Morgan fingerprint density at radius 2 is 1.58 bits per heavy atom. The molecule has 2 atom stereocenters. The lowest BCUT2D eigenvalue weighted by Crippen LogP contribution is -2.30. The molecule has 1 aliphatic carbocycles. The Balaban J connectivity index is 2.19. The lowest BCUT2D eigenvalue weighted by molar-refractivity contribution is 0.0177. The van der Waals surface area contributed by atoms with Crippen molar-refractivity contribution in [3.63, 3.8) is 0 Å². The zero-order valence-corrected chi connectivity index (χ0v) is 10.3. The van der Waals surface area contributed by atoms with E-state index >= 15 is 0 Å². The maximum atomic E-state index is 13.4. The van der Waals surface area contributed by atoms with Crippen molar-refractivity contribution in [1.82, 2.24) is 4.98 Å². The third-order valence-electron chi connectivity index (χ3n) is 3.15. The number of aromatic nitrogens is 1. The first-order chi connectivity index (χ1) is 9.02. The Morgan fingerprint density at radius 3 is 2.16 bits per heavy atom. The molecule has 0 spiro atoms. The first-order valence-corrected chi connectivity index (χ1v) is 5.92. The van der Waals surface area contributed by atoms with Crippen molar-refractivity contribution in [3.8, 4) is 5.75 Å². The largest absolute Gasteiger partial charge is 0.484 e. The molecular formula is C12H13F4NO2. The number of hydrogen-bond donors (Lipinski definition) is 0. The van der Waals surface area contributed by atoms with Crippen LogP contribution < -0.4 is 4.74 Å². The van der Waals surface area contributed by atoms with Gasteiger partial charge in [0.25, 0.3) is 11.9 Å². The van der Waals surface area contributed by atoms with Crippen molar-refractivity contribution in [3.05, 3.63) is 23.5 Å². The van der Waals surface area contributed by atoms with Crippen LogP contribution in [0.25, 0.3) is 0 Å². The Morgan fingerprint density at radius 1 is 1.00 bits per heavy atom. The number of methoxy groups -OCH3 is 1. The Bertz CT molecular complexity index is 443. The number of nitrogens with zero attached hydrogens (tertiary/aromatic N) is 1. The Hall–Kier alpha value is -1.37. The molecule has 0 bridgehead atoms. The molecule has 3 nitrogen and oxygen atoms in total. The fraction of sp³-hybridized carbons (Fsp3) is 0.583. The van der Waals surface area contributed by atoms with Gasteiger partial charge in [0.2, 0.25) is 17.4 Å². The van der Waals surface area contributed by atoms with Crippen molar-refractivity contribution >= 4 is 0 Å². The first kappa shape index (κ1) is 14.0. The second kappa shape index (κ2) is 5.73. The van der Waals surface area contributed by atoms with Crippen molar-refractivity contribution in [1.29, 1.82) is 0 Å². The number of pyridine rings is 1. The fourth-order valence-electron chi connectivity index (χ4n) is 2.16. The van der Waals surface area contributed by atoms with Crippen LogP contribution >= 0.6 is 0 Å². The minimum Gasteiger partial charge on any atom is -0.484 e. The highest BCUT2D eigenvalue weighted by molar-refractivity contribution is 5.24. The molecule has 0 radical (unpaired) electrons. The van der Waals surface area contributed by atoms with Crippen LogP contribution in [-0.4, -0.2) is 24.3 Å². The SMILES string of the molecule is COC1CCCC(Oc2c(F)c(F)nc(F)c2F)C1. The van der Waals surface area contributed by atoms with E-state index in [9.17, 15) is 17.6 Å². The maximum absolute atomic E-state index is 13.4. The predicted octanol–water partition coefficient (Wildman–Crippen LogP) is 2.97. The molecule has 0 aliphatic heterocycles. The van der Waals surface area contributed by atoms with E-state index in [0.29, 0.717) is 12.8 Å². The van der Waals surface area contributed by atoms with Gasteiger partial charge in [-0.1, -0.05) is 0 Å². The van der Waals surface area contributed by atoms with E-state index in [1.807, 2.05) is 0 Å². The molecule has 0 aromatic carbocycles. The zero-order valence-electron chi connectivity index (χ0n) is 10.3. The van der Waals surface area contributed by atoms with Gasteiger partial charge in [0.15, 0.2) is 0 Å². The van der Waals surface area contributed by atoms with E-state index < -0.39 is 35.4 Å². The summed E-state index contributed by atoms with van der Waals surface area (Å²) in [4.78, 5) is 2.47. The molecule has 1 aliphatic rings. The molecule has 1 saturated carbocycles. The standard InChI is InChI=1S/C12H13F4NO2/c1-18-6-3-2-4-7(5-6)19-10-8(13)11(15)17-12(16)9(10)14/h6-7H,2-5H2,1H3. The molecule has 1 fully saturated rings. The minimum atomic E-state index is -1.71. The fourth-order valence-corrected chi connectivity index (χ4v) is 2.16. The third kappa shape index (κ3) is 2.97. The van der Waals surface area contributed by atoms with Gasteiger partial charge >= 0.3 is 0 Å². The summed E-state index contributed by atoms with van der Waals surface area (Å²) >= 11 is 0. The summed E-state index contributed by atoms with van der Waals surface area (Å²) in [5.74, 6) is -7.70. The summed E-state index contributed by atoms with van der Waals surface area (Å²) in [6, 6.07) is 0. The van der Waals surface area contributed by atoms with Crippen LogP contribution in [0.1, 0.15) is 25.7 Å². The predicted molar refractivity (Wildman–Crippen MR) is 57.8 cm³/mol. The molecule has 7 heteroatoms. The van der Waals surface area contributed by atoms with Gasteiger partial charge in [-0.3, -0.25) is 0 Å². The van der Waals surface area contributed by atoms with Gasteiger partial charge in [-0.15, -0.1) is 0 Å². The van der Waals surface area contributed by atoms with E-state index in [1.165, 1.54) is 7.11 Å². The molecule has 2 unspecified atom stereocenters. The maximum Gasteiger partial charge on any atom is 0.255 e.